The fraction of sp³-hybridized carbons (Fsp3) is 0.0833. The van der Waals surface area contributed by atoms with Crippen LogP contribution < -0.4 is 15.0 Å². The molecule has 0 fully saturated rings. The first kappa shape index (κ1) is 20.6. The van der Waals surface area contributed by atoms with Crippen LogP contribution in [0.4, 0.5) is 15.8 Å². The van der Waals surface area contributed by atoms with Gasteiger partial charge in [-0.1, -0.05) is 35.9 Å². The molecule has 4 rings (SSSR count). The molecule has 0 aromatic heterocycles. The lowest BCUT2D eigenvalue weighted by molar-refractivity contribution is -0.120. The second-order valence-corrected chi connectivity index (χ2v) is 7.17. The van der Waals surface area contributed by atoms with E-state index in [9.17, 15) is 14.0 Å². The Morgan fingerprint density at radius 1 is 0.935 bits per heavy atom. The molecule has 3 aromatic carbocycles. The molecule has 1 heterocycles. The Morgan fingerprint density at radius 2 is 1.61 bits per heavy atom. The van der Waals surface area contributed by atoms with Crippen molar-refractivity contribution in [1.29, 1.82) is 0 Å². The highest BCUT2D eigenvalue weighted by Gasteiger charge is 2.41. The van der Waals surface area contributed by atoms with Crippen LogP contribution in [0.5, 0.6) is 5.75 Å². The molecular formula is C24H18ClFN2O3. The number of hydrogen-bond acceptors (Lipinski definition) is 4. The largest absolute Gasteiger partial charge is 0.492 e. The first-order chi connectivity index (χ1) is 15.0. The first-order valence-corrected chi connectivity index (χ1v) is 10.0. The van der Waals surface area contributed by atoms with E-state index < -0.39 is 17.6 Å². The predicted molar refractivity (Wildman–Crippen MR) is 118 cm³/mol. The molecule has 0 unspecified atom stereocenters. The minimum absolute atomic E-state index is 0.0882. The molecule has 0 saturated carbocycles. The maximum absolute atomic E-state index is 13.5. The molecular weight excluding hydrogens is 419 g/mol. The van der Waals surface area contributed by atoms with Crippen LogP contribution in [0.2, 0.25) is 5.02 Å². The summed E-state index contributed by atoms with van der Waals surface area (Å²) in [7, 11) is 0. The molecule has 1 aliphatic heterocycles. The van der Waals surface area contributed by atoms with Crippen LogP contribution in [0.1, 0.15) is 12.5 Å². The number of rotatable bonds is 6. The van der Waals surface area contributed by atoms with Crippen molar-refractivity contribution in [3.8, 4) is 5.75 Å². The molecule has 0 aliphatic carbocycles. The molecule has 3 aromatic rings. The molecule has 0 atom stereocenters. The number of benzene rings is 3. The third kappa shape index (κ3) is 4.02. The Morgan fingerprint density at radius 3 is 2.29 bits per heavy atom. The Kier molecular flexibility index (Phi) is 5.73. The summed E-state index contributed by atoms with van der Waals surface area (Å²) in [5.74, 6) is -1.01. The lowest BCUT2D eigenvalue weighted by atomic mass is 10.0. The number of anilines is 2. The number of hydrogen-bond donors (Lipinski definition) is 1. The fourth-order valence-corrected chi connectivity index (χ4v) is 3.47. The molecule has 0 saturated heterocycles. The van der Waals surface area contributed by atoms with Crippen LogP contribution in [0, 0.1) is 5.82 Å². The number of halogens is 2. The van der Waals surface area contributed by atoms with Crippen molar-refractivity contribution in [3.63, 3.8) is 0 Å². The Bertz CT molecular complexity index is 1170. The lowest BCUT2D eigenvalue weighted by Gasteiger charge is -2.19. The zero-order chi connectivity index (χ0) is 22.0. The zero-order valence-corrected chi connectivity index (χ0v) is 17.3. The Hall–Kier alpha value is -3.64. The normalized spacial score (nSPS) is 13.7. The van der Waals surface area contributed by atoms with Crippen LogP contribution in [0.15, 0.2) is 78.5 Å². The van der Waals surface area contributed by atoms with Gasteiger partial charge in [0.25, 0.3) is 11.8 Å². The molecule has 5 nitrogen and oxygen atoms in total. The lowest BCUT2D eigenvalue weighted by Crippen LogP contribution is -2.32. The second kappa shape index (κ2) is 8.62. The van der Waals surface area contributed by atoms with E-state index >= 15 is 0 Å². The Balaban J connectivity index is 1.82. The fourth-order valence-electron chi connectivity index (χ4n) is 3.35. The summed E-state index contributed by atoms with van der Waals surface area (Å²) in [5, 5.41) is 3.50. The number of ether oxygens (including phenoxy) is 1. The van der Waals surface area contributed by atoms with Crippen LogP contribution in [-0.4, -0.2) is 18.4 Å². The summed E-state index contributed by atoms with van der Waals surface area (Å²) in [4.78, 5) is 28.0. The summed E-state index contributed by atoms with van der Waals surface area (Å²) in [5.41, 5.74) is 1.64. The van der Waals surface area contributed by atoms with Crippen LogP contribution >= 0.6 is 11.6 Å². The van der Waals surface area contributed by atoms with Crippen molar-refractivity contribution < 1.29 is 18.7 Å². The van der Waals surface area contributed by atoms with Gasteiger partial charge in [-0.15, -0.1) is 0 Å². The van der Waals surface area contributed by atoms with Crippen LogP contribution in [-0.2, 0) is 9.59 Å². The summed E-state index contributed by atoms with van der Waals surface area (Å²) >= 11 is 6.00. The third-order valence-electron chi connectivity index (χ3n) is 4.74. The molecule has 0 spiro atoms. The number of carbonyl (C=O) groups is 2. The van der Waals surface area contributed by atoms with Gasteiger partial charge in [-0.2, -0.15) is 0 Å². The van der Waals surface area contributed by atoms with Gasteiger partial charge in [0.1, 0.15) is 17.3 Å². The molecule has 156 valence electrons. The van der Waals surface area contributed by atoms with Crippen LogP contribution in [0.3, 0.4) is 0 Å². The molecule has 31 heavy (non-hydrogen) atoms. The van der Waals surface area contributed by atoms with Gasteiger partial charge in [-0.3, -0.25) is 9.59 Å². The molecule has 0 radical (unpaired) electrons. The first-order valence-electron chi connectivity index (χ1n) is 9.63. The van der Waals surface area contributed by atoms with Crippen molar-refractivity contribution >= 4 is 40.4 Å². The predicted octanol–water partition coefficient (Wildman–Crippen LogP) is 5.27. The van der Waals surface area contributed by atoms with Gasteiger partial charge in [0.05, 0.1) is 17.9 Å². The summed E-state index contributed by atoms with van der Waals surface area (Å²) in [6.07, 6.45) is 0. The average Bonchev–Trinajstić information content (AvgIpc) is 3.01. The van der Waals surface area contributed by atoms with E-state index in [1.807, 2.05) is 6.92 Å². The van der Waals surface area contributed by atoms with E-state index in [0.29, 0.717) is 34.3 Å². The number of nitrogens with one attached hydrogen (secondary N) is 1. The summed E-state index contributed by atoms with van der Waals surface area (Å²) in [6, 6.07) is 19.0. The van der Waals surface area contributed by atoms with E-state index in [-0.39, 0.29) is 11.3 Å². The average molecular weight is 437 g/mol. The number of carbonyl (C=O) groups excluding carboxylic acids is 2. The highest BCUT2D eigenvalue weighted by atomic mass is 35.5. The van der Waals surface area contributed by atoms with Gasteiger partial charge >= 0.3 is 0 Å². The quantitative estimate of drug-likeness (QED) is 0.534. The van der Waals surface area contributed by atoms with Gasteiger partial charge in [0, 0.05) is 10.7 Å². The van der Waals surface area contributed by atoms with E-state index in [0.717, 1.165) is 4.90 Å². The minimum atomic E-state index is -0.536. The zero-order valence-electron chi connectivity index (χ0n) is 16.6. The highest BCUT2D eigenvalue weighted by molar-refractivity contribution is 6.46. The van der Waals surface area contributed by atoms with Crippen LogP contribution in [0.25, 0.3) is 5.57 Å². The standard InChI is InChI=1S/C24H18ClFN2O3/c1-2-31-20-6-4-3-5-19(20)28-23(29)21(15-7-9-16(25)10-8-15)22(24(28)30)27-18-13-11-17(26)12-14-18/h3-14,27H,2H2,1H3. The van der Waals surface area contributed by atoms with Crippen molar-refractivity contribution in [2.75, 3.05) is 16.8 Å². The smallest absolute Gasteiger partial charge is 0.282 e. The maximum atomic E-state index is 13.5. The number of imide groups is 1. The molecule has 0 bridgehead atoms. The number of para-hydroxylation sites is 2. The van der Waals surface area contributed by atoms with Gasteiger partial charge in [0.2, 0.25) is 0 Å². The third-order valence-corrected chi connectivity index (χ3v) is 4.99. The van der Waals surface area contributed by atoms with Crippen molar-refractivity contribution in [1.82, 2.24) is 0 Å². The highest BCUT2D eigenvalue weighted by Crippen LogP contribution is 2.38. The van der Waals surface area contributed by atoms with Gasteiger partial charge in [-0.25, -0.2) is 9.29 Å². The summed E-state index contributed by atoms with van der Waals surface area (Å²) in [6.45, 7) is 2.20. The van der Waals surface area contributed by atoms with Crippen molar-refractivity contribution in [3.05, 3.63) is 94.9 Å². The number of amides is 2. The Labute approximate surface area is 183 Å². The second-order valence-electron chi connectivity index (χ2n) is 6.74. The number of nitrogens with zero attached hydrogens (tertiary/aromatic N) is 1. The minimum Gasteiger partial charge on any atom is -0.492 e. The molecule has 1 N–H and O–H groups in total. The molecule has 2 amide bonds. The van der Waals surface area contributed by atoms with Crippen molar-refractivity contribution in [2.45, 2.75) is 6.92 Å². The molecule has 1 aliphatic rings. The molecule has 7 heteroatoms. The summed E-state index contributed by atoms with van der Waals surface area (Å²) < 4.78 is 18.9. The van der Waals surface area contributed by atoms with Crippen molar-refractivity contribution in [2.24, 2.45) is 0 Å². The SMILES string of the molecule is CCOc1ccccc1N1C(=O)C(Nc2ccc(F)cc2)=C(c2ccc(Cl)cc2)C1=O. The van der Waals surface area contributed by atoms with Gasteiger partial charge in [0.15, 0.2) is 0 Å². The monoisotopic (exact) mass is 436 g/mol. The van der Waals surface area contributed by atoms with E-state index in [1.54, 1.807) is 48.5 Å². The topological polar surface area (TPSA) is 58.6 Å². The van der Waals surface area contributed by atoms with Gasteiger partial charge < -0.3 is 10.1 Å². The van der Waals surface area contributed by atoms with E-state index in [2.05, 4.69) is 5.32 Å². The maximum Gasteiger partial charge on any atom is 0.282 e. The van der Waals surface area contributed by atoms with E-state index in [4.69, 9.17) is 16.3 Å². The van der Waals surface area contributed by atoms with Gasteiger partial charge in [-0.05, 0) is 61.0 Å². The van der Waals surface area contributed by atoms with E-state index in [1.165, 1.54) is 24.3 Å².